The molecule has 1 aliphatic rings. The van der Waals surface area contributed by atoms with Crippen molar-refractivity contribution in [2.45, 2.75) is 37.9 Å². The third-order valence-corrected chi connectivity index (χ3v) is 6.46. The van der Waals surface area contributed by atoms with Gasteiger partial charge in [0.1, 0.15) is 10.7 Å². The minimum Gasteiger partial charge on any atom is -0.368 e. The first-order valence-corrected chi connectivity index (χ1v) is 11.6. The molecule has 1 aliphatic heterocycles. The van der Waals surface area contributed by atoms with Gasteiger partial charge in [0.2, 0.25) is 5.95 Å². The van der Waals surface area contributed by atoms with Gasteiger partial charge in [-0.2, -0.15) is 13.2 Å². The second kappa shape index (κ2) is 8.25. The Bertz CT molecular complexity index is 1070. The van der Waals surface area contributed by atoms with Gasteiger partial charge in [-0.1, -0.05) is 13.8 Å². The third-order valence-electron chi connectivity index (χ3n) is 5.35. The number of halogens is 4. The summed E-state index contributed by atoms with van der Waals surface area (Å²) >= 11 is 0. The van der Waals surface area contributed by atoms with E-state index < -0.39 is 27.5 Å². The molecule has 31 heavy (non-hydrogen) atoms. The van der Waals surface area contributed by atoms with Crippen LogP contribution in [0.4, 0.5) is 29.2 Å². The smallest absolute Gasteiger partial charge is 0.368 e. The van der Waals surface area contributed by atoms with Gasteiger partial charge in [0, 0.05) is 37.8 Å². The number of anilines is 2. The van der Waals surface area contributed by atoms with Gasteiger partial charge < -0.3 is 9.80 Å². The molecule has 0 bridgehead atoms. The molecule has 0 N–H and O–H groups in total. The Balaban J connectivity index is 1.93. The van der Waals surface area contributed by atoms with E-state index in [2.05, 4.69) is 9.97 Å². The van der Waals surface area contributed by atoms with Crippen LogP contribution in [0.25, 0.3) is 0 Å². The maximum absolute atomic E-state index is 14.0. The highest BCUT2D eigenvalue weighted by molar-refractivity contribution is 7.90. The van der Waals surface area contributed by atoms with Crippen molar-refractivity contribution in [3.8, 4) is 0 Å². The van der Waals surface area contributed by atoms with E-state index in [1.165, 1.54) is 25.3 Å². The Morgan fingerprint density at radius 2 is 1.87 bits per heavy atom. The third kappa shape index (κ3) is 4.91. The SMILES string of the molecule is Cc1cnc(N2CCN(c3ccc(F)c(S(C)(=O)=O)c3)CC2C(C)C)nc1C(F)(F)F. The Morgan fingerprint density at radius 1 is 1.19 bits per heavy atom. The number of aryl methyl sites for hydroxylation is 1. The molecule has 1 fully saturated rings. The van der Waals surface area contributed by atoms with Crippen molar-refractivity contribution in [3.05, 3.63) is 41.5 Å². The first-order chi connectivity index (χ1) is 14.3. The van der Waals surface area contributed by atoms with E-state index in [1.807, 2.05) is 18.7 Å². The molecule has 3 rings (SSSR count). The highest BCUT2D eigenvalue weighted by Gasteiger charge is 2.37. The minimum atomic E-state index is -4.58. The fourth-order valence-electron chi connectivity index (χ4n) is 3.69. The van der Waals surface area contributed by atoms with Gasteiger partial charge >= 0.3 is 6.18 Å². The molecule has 0 saturated carbocycles. The van der Waals surface area contributed by atoms with Crippen molar-refractivity contribution in [1.82, 2.24) is 9.97 Å². The number of hydrogen-bond acceptors (Lipinski definition) is 6. The Kier molecular flexibility index (Phi) is 6.18. The van der Waals surface area contributed by atoms with Crippen LogP contribution in [0.1, 0.15) is 25.1 Å². The molecule has 2 aromatic rings. The quantitative estimate of drug-likeness (QED) is 0.649. The van der Waals surface area contributed by atoms with Gasteiger partial charge in [-0.15, -0.1) is 0 Å². The van der Waals surface area contributed by atoms with Crippen LogP contribution in [0.2, 0.25) is 0 Å². The molecule has 0 spiro atoms. The molecule has 1 unspecified atom stereocenters. The standard InChI is InChI=1S/C20H24F4N4O2S/c1-12(2)16-11-27(14-5-6-15(21)17(9-14)31(4,29)30)7-8-28(16)19-25-10-13(3)18(26-19)20(22,23)24/h5-6,9-10,12,16H,7-8,11H2,1-4H3. The number of alkyl halides is 3. The number of sulfone groups is 1. The first kappa shape index (κ1) is 23.2. The number of rotatable bonds is 4. The largest absolute Gasteiger partial charge is 0.433 e. The first-order valence-electron chi connectivity index (χ1n) is 9.71. The molecular formula is C20H24F4N4O2S. The predicted molar refractivity (Wildman–Crippen MR) is 109 cm³/mol. The molecule has 1 aromatic carbocycles. The topological polar surface area (TPSA) is 66.4 Å². The van der Waals surface area contributed by atoms with E-state index in [4.69, 9.17) is 0 Å². The number of aromatic nitrogens is 2. The molecule has 0 aliphatic carbocycles. The number of nitrogens with zero attached hydrogens (tertiary/aromatic N) is 4. The average molecular weight is 460 g/mol. The van der Waals surface area contributed by atoms with Crippen LogP contribution in [0, 0.1) is 18.7 Å². The number of piperazine rings is 1. The van der Waals surface area contributed by atoms with Crippen LogP contribution in [0.5, 0.6) is 0 Å². The highest BCUT2D eigenvalue weighted by Crippen LogP contribution is 2.33. The summed E-state index contributed by atoms with van der Waals surface area (Å²) in [6, 6.07) is 3.67. The summed E-state index contributed by atoms with van der Waals surface area (Å²) < 4.78 is 77.6. The van der Waals surface area contributed by atoms with E-state index in [0.29, 0.717) is 25.3 Å². The highest BCUT2D eigenvalue weighted by atomic mass is 32.2. The molecule has 1 aromatic heterocycles. The van der Waals surface area contributed by atoms with Crippen molar-refractivity contribution in [1.29, 1.82) is 0 Å². The lowest BCUT2D eigenvalue weighted by Gasteiger charge is -2.44. The fraction of sp³-hybridized carbons (Fsp3) is 0.500. The van der Waals surface area contributed by atoms with Crippen molar-refractivity contribution in [2.24, 2.45) is 5.92 Å². The maximum atomic E-state index is 14.0. The zero-order chi connectivity index (χ0) is 23.1. The molecule has 1 atom stereocenters. The van der Waals surface area contributed by atoms with Crippen LogP contribution in [-0.4, -0.2) is 50.3 Å². The van der Waals surface area contributed by atoms with Crippen LogP contribution in [-0.2, 0) is 16.0 Å². The second-order valence-corrected chi connectivity index (χ2v) is 10.0. The monoisotopic (exact) mass is 460 g/mol. The van der Waals surface area contributed by atoms with Crippen molar-refractivity contribution in [3.63, 3.8) is 0 Å². The zero-order valence-electron chi connectivity index (χ0n) is 17.6. The molecule has 170 valence electrons. The molecule has 1 saturated heterocycles. The fourth-order valence-corrected chi connectivity index (χ4v) is 4.45. The molecule has 0 amide bonds. The van der Waals surface area contributed by atoms with E-state index in [-0.39, 0.29) is 28.4 Å². The van der Waals surface area contributed by atoms with E-state index >= 15 is 0 Å². The Morgan fingerprint density at radius 3 is 2.45 bits per heavy atom. The minimum absolute atomic E-state index is 0.00667. The number of benzene rings is 1. The lowest BCUT2D eigenvalue weighted by atomic mass is 9.99. The summed E-state index contributed by atoms with van der Waals surface area (Å²) in [6.45, 7) is 6.30. The molecule has 6 nitrogen and oxygen atoms in total. The van der Waals surface area contributed by atoms with Gasteiger partial charge in [-0.25, -0.2) is 22.8 Å². The second-order valence-electron chi connectivity index (χ2n) is 8.04. The summed E-state index contributed by atoms with van der Waals surface area (Å²) in [6.07, 6.45) is -2.46. The van der Waals surface area contributed by atoms with E-state index in [0.717, 1.165) is 12.3 Å². The van der Waals surface area contributed by atoms with Crippen LogP contribution in [0.15, 0.2) is 29.3 Å². The van der Waals surface area contributed by atoms with Crippen molar-refractivity contribution < 1.29 is 26.0 Å². The molecule has 0 radical (unpaired) electrons. The Hall–Kier alpha value is -2.43. The van der Waals surface area contributed by atoms with Crippen LogP contribution in [0.3, 0.4) is 0 Å². The normalized spacial score (nSPS) is 18.0. The summed E-state index contributed by atoms with van der Waals surface area (Å²) in [4.78, 5) is 11.2. The lowest BCUT2D eigenvalue weighted by molar-refractivity contribution is -0.141. The summed E-state index contributed by atoms with van der Waals surface area (Å²) in [5, 5.41) is 0. The zero-order valence-corrected chi connectivity index (χ0v) is 18.4. The van der Waals surface area contributed by atoms with Crippen LogP contribution >= 0.6 is 0 Å². The lowest BCUT2D eigenvalue weighted by Crippen LogP contribution is -2.56. The van der Waals surface area contributed by atoms with Gasteiger partial charge in [-0.3, -0.25) is 0 Å². The molecule has 11 heteroatoms. The van der Waals surface area contributed by atoms with Crippen LogP contribution < -0.4 is 9.80 Å². The Labute approximate surface area is 178 Å². The van der Waals surface area contributed by atoms with E-state index in [1.54, 1.807) is 4.90 Å². The average Bonchev–Trinajstić information content (AvgIpc) is 2.66. The predicted octanol–water partition coefficient (Wildman–Crippen LogP) is 3.70. The van der Waals surface area contributed by atoms with Gasteiger partial charge in [-0.05, 0) is 36.6 Å². The van der Waals surface area contributed by atoms with Gasteiger partial charge in [0.25, 0.3) is 0 Å². The van der Waals surface area contributed by atoms with E-state index in [9.17, 15) is 26.0 Å². The summed E-state index contributed by atoms with van der Waals surface area (Å²) in [7, 11) is -3.74. The molecular weight excluding hydrogens is 436 g/mol. The summed E-state index contributed by atoms with van der Waals surface area (Å²) in [5.41, 5.74) is -0.470. The van der Waals surface area contributed by atoms with Crippen molar-refractivity contribution in [2.75, 3.05) is 35.7 Å². The maximum Gasteiger partial charge on any atom is 0.433 e. The van der Waals surface area contributed by atoms with Crippen molar-refractivity contribution >= 4 is 21.5 Å². The summed E-state index contributed by atoms with van der Waals surface area (Å²) in [5.74, 6) is -0.776. The van der Waals surface area contributed by atoms with Gasteiger partial charge in [0.15, 0.2) is 15.5 Å². The number of hydrogen-bond donors (Lipinski definition) is 0. The van der Waals surface area contributed by atoms with Gasteiger partial charge in [0.05, 0.1) is 6.04 Å². The molecule has 2 heterocycles.